The molecule has 1 aromatic rings. The molecule has 1 saturated heterocycles. The highest BCUT2D eigenvalue weighted by atomic mass is 32.2. The zero-order valence-corrected chi connectivity index (χ0v) is 14.2. The highest BCUT2D eigenvalue weighted by Crippen LogP contribution is 2.42. The Morgan fingerprint density at radius 3 is 2.61 bits per heavy atom. The molecule has 5 nitrogen and oxygen atoms in total. The van der Waals surface area contributed by atoms with Crippen LogP contribution in [0, 0.1) is 5.82 Å². The van der Waals surface area contributed by atoms with E-state index in [1.165, 1.54) is 22.7 Å². The van der Waals surface area contributed by atoms with Crippen LogP contribution in [0.2, 0.25) is 0 Å². The number of carbonyl (C=O) groups excluding carboxylic acids is 2. The van der Waals surface area contributed by atoms with Crippen molar-refractivity contribution in [3.05, 3.63) is 35.6 Å². The average molecular weight is 340 g/mol. The zero-order chi connectivity index (χ0) is 17.2. The van der Waals surface area contributed by atoms with Gasteiger partial charge in [0.15, 0.2) is 0 Å². The van der Waals surface area contributed by atoms with E-state index in [0.717, 1.165) is 0 Å². The third-order valence-electron chi connectivity index (χ3n) is 3.31. The van der Waals surface area contributed by atoms with Crippen LogP contribution in [0.4, 0.5) is 4.39 Å². The summed E-state index contributed by atoms with van der Waals surface area (Å²) < 4.78 is 19.5. The summed E-state index contributed by atoms with van der Waals surface area (Å²) in [6.07, 6.45) is 0. The molecular formula is C16H21FN2O3S. The Bertz CT molecular complexity index is 603. The topological polar surface area (TPSA) is 72.6 Å². The lowest BCUT2D eigenvalue weighted by atomic mass is 10.1. The fourth-order valence-corrected chi connectivity index (χ4v) is 3.84. The molecule has 0 saturated carbocycles. The van der Waals surface area contributed by atoms with Crippen LogP contribution < -0.4 is 5.73 Å². The number of esters is 1. The summed E-state index contributed by atoms with van der Waals surface area (Å²) in [5.41, 5.74) is 5.18. The first-order chi connectivity index (χ1) is 10.7. The Balaban J connectivity index is 2.31. The first kappa shape index (κ1) is 17.7. The summed E-state index contributed by atoms with van der Waals surface area (Å²) in [7, 11) is 0. The van der Waals surface area contributed by atoms with Gasteiger partial charge in [0.25, 0.3) is 0 Å². The van der Waals surface area contributed by atoms with Gasteiger partial charge in [-0.15, -0.1) is 11.8 Å². The third-order valence-corrected chi connectivity index (χ3v) is 4.62. The maximum atomic E-state index is 14.1. The molecule has 126 valence electrons. The summed E-state index contributed by atoms with van der Waals surface area (Å²) in [5, 5.41) is -0.579. The molecule has 0 aliphatic carbocycles. The Labute approximate surface area is 139 Å². The van der Waals surface area contributed by atoms with Crippen LogP contribution in [0.1, 0.15) is 31.7 Å². The van der Waals surface area contributed by atoms with Gasteiger partial charge in [-0.1, -0.05) is 18.2 Å². The van der Waals surface area contributed by atoms with Crippen molar-refractivity contribution in [3.63, 3.8) is 0 Å². The number of benzene rings is 1. The third kappa shape index (κ3) is 4.03. The molecule has 23 heavy (non-hydrogen) atoms. The number of rotatable bonds is 3. The number of nitrogens with two attached hydrogens (primary N) is 1. The van der Waals surface area contributed by atoms with Crippen molar-refractivity contribution < 1.29 is 18.7 Å². The van der Waals surface area contributed by atoms with Gasteiger partial charge in [-0.25, -0.2) is 9.18 Å². The van der Waals surface area contributed by atoms with Crippen LogP contribution in [0.25, 0.3) is 0 Å². The molecule has 2 rings (SSSR count). The van der Waals surface area contributed by atoms with Crippen molar-refractivity contribution in [2.75, 3.05) is 12.3 Å². The number of nitrogens with zero attached hydrogens (tertiary/aromatic N) is 1. The van der Waals surface area contributed by atoms with Gasteiger partial charge in [0, 0.05) is 11.3 Å². The molecule has 2 atom stereocenters. The summed E-state index contributed by atoms with van der Waals surface area (Å²) in [4.78, 5) is 26.0. The monoisotopic (exact) mass is 340 g/mol. The highest BCUT2D eigenvalue weighted by Gasteiger charge is 2.44. The van der Waals surface area contributed by atoms with Crippen LogP contribution in [0.5, 0.6) is 0 Å². The number of hydrogen-bond acceptors (Lipinski definition) is 5. The maximum absolute atomic E-state index is 14.1. The second-order valence-corrected chi connectivity index (χ2v) is 7.37. The molecule has 1 heterocycles. The molecule has 0 aromatic heterocycles. The normalized spacial score (nSPS) is 21.3. The molecule has 1 aliphatic heterocycles. The van der Waals surface area contributed by atoms with Crippen LogP contribution >= 0.6 is 11.8 Å². The van der Waals surface area contributed by atoms with Gasteiger partial charge in [0.1, 0.15) is 22.8 Å². The van der Waals surface area contributed by atoms with E-state index in [1.54, 1.807) is 39.0 Å². The largest absolute Gasteiger partial charge is 0.458 e. The predicted octanol–water partition coefficient (Wildman–Crippen LogP) is 2.07. The average Bonchev–Trinajstić information content (AvgIpc) is 2.90. The minimum atomic E-state index is -0.764. The highest BCUT2D eigenvalue weighted by molar-refractivity contribution is 7.99. The number of carbonyl (C=O) groups is 2. The Morgan fingerprint density at radius 1 is 1.39 bits per heavy atom. The molecule has 1 aromatic carbocycles. The fourth-order valence-electron chi connectivity index (χ4n) is 2.38. The van der Waals surface area contributed by atoms with Crippen molar-refractivity contribution in [3.8, 4) is 0 Å². The van der Waals surface area contributed by atoms with Gasteiger partial charge in [0.2, 0.25) is 5.91 Å². The number of halogens is 1. The van der Waals surface area contributed by atoms with Crippen molar-refractivity contribution >= 4 is 23.6 Å². The molecule has 1 fully saturated rings. The minimum Gasteiger partial charge on any atom is -0.458 e. The van der Waals surface area contributed by atoms with Crippen molar-refractivity contribution in [1.29, 1.82) is 0 Å². The van der Waals surface area contributed by atoms with Crippen LogP contribution in [-0.4, -0.2) is 40.7 Å². The second-order valence-electron chi connectivity index (χ2n) is 6.26. The molecule has 2 N–H and O–H groups in total. The molecule has 1 aliphatic rings. The SMILES string of the molecule is CC(C)(C)OC(=O)C1CSC(c2ccccc2F)N1C(=O)CN. The summed E-state index contributed by atoms with van der Waals surface area (Å²) in [6, 6.07) is 5.47. The van der Waals surface area contributed by atoms with E-state index in [9.17, 15) is 14.0 Å². The molecule has 0 radical (unpaired) electrons. The number of amides is 1. The molecular weight excluding hydrogens is 319 g/mol. The van der Waals surface area contributed by atoms with Gasteiger partial charge >= 0.3 is 5.97 Å². The summed E-state index contributed by atoms with van der Waals surface area (Å²) in [5.74, 6) is -0.964. The van der Waals surface area contributed by atoms with E-state index in [1.807, 2.05) is 0 Å². The molecule has 2 unspecified atom stereocenters. The lowest BCUT2D eigenvalue weighted by molar-refractivity contribution is -0.163. The van der Waals surface area contributed by atoms with Gasteiger partial charge in [-0.05, 0) is 26.8 Å². The molecule has 0 spiro atoms. The quantitative estimate of drug-likeness (QED) is 0.853. The van der Waals surface area contributed by atoms with E-state index < -0.39 is 34.7 Å². The van der Waals surface area contributed by atoms with Crippen LogP contribution in [0.15, 0.2) is 24.3 Å². The predicted molar refractivity (Wildman–Crippen MR) is 87.1 cm³/mol. The van der Waals surface area contributed by atoms with Gasteiger partial charge in [-0.3, -0.25) is 4.79 Å². The van der Waals surface area contributed by atoms with E-state index in [4.69, 9.17) is 10.5 Å². The number of ether oxygens (including phenoxy) is 1. The van der Waals surface area contributed by atoms with Crippen molar-refractivity contribution in [1.82, 2.24) is 4.90 Å². The molecule has 1 amide bonds. The maximum Gasteiger partial charge on any atom is 0.330 e. The van der Waals surface area contributed by atoms with Crippen LogP contribution in [-0.2, 0) is 14.3 Å². The minimum absolute atomic E-state index is 0.245. The van der Waals surface area contributed by atoms with Gasteiger partial charge < -0.3 is 15.4 Å². The van der Waals surface area contributed by atoms with E-state index in [2.05, 4.69) is 0 Å². The number of thioether (sulfide) groups is 1. The Morgan fingerprint density at radius 2 is 2.04 bits per heavy atom. The lowest BCUT2D eigenvalue weighted by Gasteiger charge is -2.30. The van der Waals surface area contributed by atoms with E-state index in [-0.39, 0.29) is 6.54 Å². The first-order valence-electron chi connectivity index (χ1n) is 7.34. The van der Waals surface area contributed by atoms with Crippen LogP contribution in [0.3, 0.4) is 0 Å². The Hall–Kier alpha value is -1.60. The second kappa shape index (κ2) is 6.88. The standard InChI is InChI=1S/C16H21FN2O3S/c1-16(2,3)22-15(21)12-9-23-14(19(12)13(20)8-18)10-6-4-5-7-11(10)17/h4-7,12,14H,8-9,18H2,1-3H3. The smallest absolute Gasteiger partial charge is 0.330 e. The lowest BCUT2D eigenvalue weighted by Crippen LogP contribution is -2.47. The van der Waals surface area contributed by atoms with Crippen molar-refractivity contribution in [2.24, 2.45) is 5.73 Å². The Kier molecular flexibility index (Phi) is 5.31. The van der Waals surface area contributed by atoms with Gasteiger partial charge in [0.05, 0.1) is 6.54 Å². The van der Waals surface area contributed by atoms with E-state index >= 15 is 0 Å². The van der Waals surface area contributed by atoms with Crippen molar-refractivity contribution in [2.45, 2.75) is 37.8 Å². The zero-order valence-electron chi connectivity index (χ0n) is 13.4. The molecule has 7 heteroatoms. The molecule has 0 bridgehead atoms. The summed E-state index contributed by atoms with van der Waals surface area (Å²) in [6.45, 7) is 5.04. The van der Waals surface area contributed by atoms with E-state index in [0.29, 0.717) is 11.3 Å². The van der Waals surface area contributed by atoms with Gasteiger partial charge in [-0.2, -0.15) is 0 Å². The fraction of sp³-hybridized carbons (Fsp3) is 0.500. The first-order valence-corrected chi connectivity index (χ1v) is 8.39. The number of hydrogen-bond donors (Lipinski definition) is 1. The summed E-state index contributed by atoms with van der Waals surface area (Å²) >= 11 is 1.33.